The smallest absolute Gasteiger partial charge is 0.410 e. The van der Waals surface area contributed by atoms with Crippen molar-refractivity contribution in [1.82, 2.24) is 30.2 Å². The minimum Gasteiger partial charge on any atom is -0.507 e. The summed E-state index contributed by atoms with van der Waals surface area (Å²) in [6.45, 7) is 9.92. The highest BCUT2D eigenvalue weighted by atomic mass is 16.6. The third-order valence-electron chi connectivity index (χ3n) is 10.7. The van der Waals surface area contributed by atoms with Crippen molar-refractivity contribution in [3.63, 3.8) is 0 Å². The van der Waals surface area contributed by atoms with Gasteiger partial charge in [-0.2, -0.15) is 0 Å². The molecule has 4 heterocycles. The molecule has 2 aliphatic rings. The molecule has 4 aromatic carbocycles. The van der Waals surface area contributed by atoms with Crippen molar-refractivity contribution in [3.05, 3.63) is 102 Å². The topological polar surface area (TPSA) is 176 Å². The number of fused-ring (bicyclic) bond motifs is 2. The van der Waals surface area contributed by atoms with E-state index in [1.165, 1.54) is 5.56 Å². The average molecular weight is 855 g/mol. The van der Waals surface area contributed by atoms with E-state index in [1.807, 2.05) is 69.3 Å². The van der Waals surface area contributed by atoms with Crippen LogP contribution in [-0.4, -0.2) is 112 Å². The molecule has 2 aromatic heterocycles. The Hall–Kier alpha value is -6.35. The van der Waals surface area contributed by atoms with Gasteiger partial charge < -0.3 is 45.3 Å². The maximum Gasteiger partial charge on any atom is 0.410 e. The number of carbonyl (C=O) groups excluding carboxylic acids is 1. The molecule has 0 unspecified atom stereocenters. The maximum absolute atomic E-state index is 12.5. The predicted octanol–water partition coefficient (Wildman–Crippen LogP) is 8.44. The number of likely N-dealkylation sites (tertiary alicyclic amines) is 1. The van der Waals surface area contributed by atoms with Gasteiger partial charge in [-0.05, 0) is 113 Å². The number of hydrogen-bond acceptors (Lipinski definition) is 13. The largest absolute Gasteiger partial charge is 0.507 e. The highest BCUT2D eigenvalue weighted by Gasteiger charge is 2.30. The molecule has 0 spiro atoms. The Kier molecular flexibility index (Phi) is 14.7. The molecule has 5 N–H and O–H groups in total. The van der Waals surface area contributed by atoms with Crippen molar-refractivity contribution in [3.8, 4) is 34.3 Å². The van der Waals surface area contributed by atoms with Crippen molar-refractivity contribution in [2.75, 3.05) is 64.2 Å². The number of methoxy groups -OCH3 is 2. The zero-order chi connectivity index (χ0) is 44.3. The number of benzene rings is 4. The van der Waals surface area contributed by atoms with Crippen molar-refractivity contribution in [2.45, 2.75) is 64.1 Å². The number of amides is 1. The molecule has 6 aromatic rings. The van der Waals surface area contributed by atoms with Crippen LogP contribution in [0.15, 0.2) is 91.0 Å². The standard InChI is InChI=1S/C27H32N4O4.C22H26N4O2/c1-27(2,3)35-26(33)31-14-13-19(17-31)28-24-20-12-11-18(8-7-15-34-4)16-22(20)29-25(30-24)21-9-5-6-10-23(21)32;1-28-12-4-5-15-8-9-17-19(13-15)25-22(18-6-2-3-7-20(18)27)26-21(17)24-16-10-11-23-14-16/h5-12,16,19,32H,13-15,17H2,1-4H3,(H,28,29,30);2-3,6-9,13,16,23,27H,4-5,10-12,14H2,1H3,(H,24,25,26)/b8-7+;/t19-;16-/m00/s1. The lowest BCUT2D eigenvalue weighted by atomic mass is 10.1. The van der Waals surface area contributed by atoms with E-state index in [0.29, 0.717) is 54.3 Å². The molecule has 14 heteroatoms. The van der Waals surface area contributed by atoms with Crippen molar-refractivity contribution in [2.24, 2.45) is 0 Å². The molecule has 2 aliphatic heterocycles. The Morgan fingerprint density at radius 3 is 2.05 bits per heavy atom. The Labute approximate surface area is 368 Å². The summed E-state index contributed by atoms with van der Waals surface area (Å²) in [5, 5.41) is 33.0. The second kappa shape index (κ2) is 20.7. The Morgan fingerprint density at radius 1 is 0.810 bits per heavy atom. The van der Waals surface area contributed by atoms with Gasteiger partial charge in [0.1, 0.15) is 28.7 Å². The van der Waals surface area contributed by atoms with Crippen LogP contribution in [0.2, 0.25) is 0 Å². The molecule has 0 radical (unpaired) electrons. The number of phenols is 2. The first-order chi connectivity index (χ1) is 30.5. The quantitative estimate of drug-likeness (QED) is 0.0701. The molecule has 2 saturated heterocycles. The van der Waals surface area contributed by atoms with Gasteiger partial charge in [-0.1, -0.05) is 48.6 Å². The number of nitrogens with one attached hydrogen (secondary N) is 3. The van der Waals surface area contributed by atoms with E-state index in [0.717, 1.165) is 78.6 Å². The van der Waals surface area contributed by atoms with E-state index >= 15 is 0 Å². The second-order valence-electron chi connectivity index (χ2n) is 16.8. The van der Waals surface area contributed by atoms with Gasteiger partial charge >= 0.3 is 6.09 Å². The van der Waals surface area contributed by atoms with E-state index in [-0.39, 0.29) is 23.6 Å². The van der Waals surface area contributed by atoms with E-state index in [2.05, 4.69) is 34.1 Å². The fraction of sp³-hybridized carbons (Fsp3) is 0.367. The lowest BCUT2D eigenvalue weighted by molar-refractivity contribution is 0.0293. The van der Waals surface area contributed by atoms with Crippen LogP contribution in [-0.2, 0) is 20.6 Å². The Morgan fingerprint density at radius 2 is 1.44 bits per heavy atom. The van der Waals surface area contributed by atoms with Gasteiger partial charge in [-0.15, -0.1) is 0 Å². The van der Waals surface area contributed by atoms with Crippen molar-refractivity contribution in [1.29, 1.82) is 0 Å². The number of aromatic nitrogens is 4. The molecule has 2 fully saturated rings. The average Bonchev–Trinajstić information content (AvgIpc) is 3.96. The van der Waals surface area contributed by atoms with E-state index in [4.69, 9.17) is 34.1 Å². The third-order valence-corrected chi connectivity index (χ3v) is 10.7. The molecule has 0 bridgehead atoms. The monoisotopic (exact) mass is 854 g/mol. The fourth-order valence-corrected chi connectivity index (χ4v) is 7.60. The maximum atomic E-state index is 12.5. The SMILES string of the molecule is COC/C=C/c1ccc2c(N[C@H]3CCN(C(=O)OC(C)(C)C)C3)nc(-c3ccccc3O)nc2c1.COCCCc1ccc2c(N[C@H]3CCNC3)nc(-c3ccccc3O)nc2c1. The molecule has 1 amide bonds. The number of anilines is 2. The summed E-state index contributed by atoms with van der Waals surface area (Å²) in [7, 11) is 3.38. The number of ether oxygens (including phenoxy) is 3. The summed E-state index contributed by atoms with van der Waals surface area (Å²) >= 11 is 0. The van der Waals surface area contributed by atoms with Gasteiger partial charge in [-0.25, -0.2) is 24.7 Å². The van der Waals surface area contributed by atoms with E-state index in [1.54, 1.807) is 49.5 Å². The van der Waals surface area contributed by atoms with Crippen LogP contribution in [0.1, 0.15) is 51.2 Å². The number of aryl methyl sites for hydroxylation is 1. The van der Waals surface area contributed by atoms with Crippen molar-refractivity contribution < 1.29 is 29.2 Å². The summed E-state index contributed by atoms with van der Waals surface area (Å²) in [5.41, 5.74) is 4.51. The normalized spacial score (nSPS) is 16.4. The van der Waals surface area contributed by atoms with Crippen LogP contribution >= 0.6 is 0 Å². The summed E-state index contributed by atoms with van der Waals surface area (Å²) < 4.78 is 15.8. The first-order valence-electron chi connectivity index (χ1n) is 21.5. The van der Waals surface area contributed by atoms with Crippen LogP contribution < -0.4 is 16.0 Å². The number of nitrogens with zero attached hydrogens (tertiary/aromatic N) is 5. The fourth-order valence-electron chi connectivity index (χ4n) is 7.60. The number of hydrogen-bond donors (Lipinski definition) is 5. The zero-order valence-electron chi connectivity index (χ0n) is 36.7. The van der Waals surface area contributed by atoms with Crippen LogP contribution in [0.25, 0.3) is 50.7 Å². The van der Waals surface area contributed by atoms with Crippen LogP contribution in [0.4, 0.5) is 16.4 Å². The van der Waals surface area contributed by atoms with E-state index in [9.17, 15) is 15.0 Å². The number of aromatic hydroxyl groups is 2. The van der Waals surface area contributed by atoms with Gasteiger partial charge in [0.25, 0.3) is 0 Å². The predicted molar refractivity (Wildman–Crippen MR) is 249 cm³/mol. The highest BCUT2D eigenvalue weighted by molar-refractivity contribution is 5.93. The van der Waals surface area contributed by atoms with Crippen LogP contribution in [0, 0.1) is 0 Å². The number of phenolic OH excluding ortho intramolecular Hbond substituents is 2. The van der Waals surface area contributed by atoms with Gasteiger partial charge in [0, 0.05) is 63.3 Å². The van der Waals surface area contributed by atoms with Crippen LogP contribution in [0.5, 0.6) is 11.5 Å². The number of carbonyl (C=O) groups is 1. The molecule has 2 atom stereocenters. The number of para-hydroxylation sites is 2. The van der Waals surface area contributed by atoms with Gasteiger partial charge in [0.15, 0.2) is 11.6 Å². The molecule has 8 rings (SSSR count). The highest BCUT2D eigenvalue weighted by Crippen LogP contribution is 2.33. The van der Waals surface area contributed by atoms with Crippen LogP contribution in [0.3, 0.4) is 0 Å². The first kappa shape index (κ1) is 44.7. The molecule has 0 saturated carbocycles. The van der Waals surface area contributed by atoms with Crippen molar-refractivity contribution >= 4 is 45.6 Å². The molecule has 0 aliphatic carbocycles. The van der Waals surface area contributed by atoms with Gasteiger partial charge in [0.05, 0.1) is 28.8 Å². The third kappa shape index (κ3) is 11.8. The van der Waals surface area contributed by atoms with Gasteiger partial charge in [0.2, 0.25) is 0 Å². The summed E-state index contributed by atoms with van der Waals surface area (Å²) in [6, 6.07) is 26.9. The molecular formula is C49H58N8O6. The number of rotatable bonds is 13. The van der Waals surface area contributed by atoms with E-state index < -0.39 is 5.60 Å². The molecule has 330 valence electrons. The van der Waals surface area contributed by atoms with Gasteiger partial charge in [-0.3, -0.25) is 0 Å². The minimum absolute atomic E-state index is 0.0131. The molecule has 14 nitrogen and oxygen atoms in total. The minimum atomic E-state index is -0.534. The summed E-state index contributed by atoms with van der Waals surface area (Å²) in [4.78, 5) is 33.3. The summed E-state index contributed by atoms with van der Waals surface area (Å²) in [6.07, 6.45) is 7.36. The Bertz CT molecular complexity index is 2540. The molecular weight excluding hydrogens is 797 g/mol. The second-order valence-corrected chi connectivity index (χ2v) is 16.8. The summed E-state index contributed by atoms with van der Waals surface area (Å²) in [5.74, 6) is 2.75. The molecule has 63 heavy (non-hydrogen) atoms. The zero-order valence-corrected chi connectivity index (χ0v) is 36.7. The lowest BCUT2D eigenvalue weighted by Crippen LogP contribution is -2.36. The Balaban J connectivity index is 0.000000193. The first-order valence-corrected chi connectivity index (χ1v) is 21.5. The lowest BCUT2D eigenvalue weighted by Gasteiger charge is -2.24.